The highest BCUT2D eigenvalue weighted by atomic mass is 16.4. The summed E-state index contributed by atoms with van der Waals surface area (Å²) in [6.07, 6.45) is 0.981. The summed E-state index contributed by atoms with van der Waals surface area (Å²) in [6, 6.07) is 8.97. The van der Waals surface area contributed by atoms with E-state index in [4.69, 9.17) is 10.8 Å². The molecular weight excluding hydrogens is 154 g/mol. The van der Waals surface area contributed by atoms with E-state index < -0.39 is 5.97 Å². The second kappa shape index (κ2) is 3.57. The summed E-state index contributed by atoms with van der Waals surface area (Å²) < 4.78 is 0. The van der Waals surface area contributed by atoms with E-state index in [2.05, 4.69) is 0 Å². The molecule has 12 heavy (non-hydrogen) atoms. The van der Waals surface area contributed by atoms with Crippen LogP contribution in [0.2, 0.25) is 0 Å². The molecule has 62 valence electrons. The molecule has 0 aliphatic heterocycles. The van der Waals surface area contributed by atoms with Gasteiger partial charge in [-0.2, -0.15) is 0 Å². The van der Waals surface area contributed by atoms with Gasteiger partial charge in [0.1, 0.15) is 0 Å². The molecule has 0 amide bonds. The zero-order valence-electron chi connectivity index (χ0n) is 6.40. The maximum atomic E-state index is 10.2. The van der Waals surface area contributed by atoms with Crippen molar-refractivity contribution in [3.05, 3.63) is 42.0 Å². The Morgan fingerprint density at radius 3 is 2.42 bits per heavy atom. The van der Waals surface area contributed by atoms with Crippen LogP contribution in [0.15, 0.2) is 36.4 Å². The highest BCUT2D eigenvalue weighted by Crippen LogP contribution is 2.06. The van der Waals surface area contributed by atoms with E-state index in [1.165, 1.54) is 0 Å². The van der Waals surface area contributed by atoms with Crippen LogP contribution in [0.3, 0.4) is 0 Å². The molecule has 0 atom stereocenters. The molecule has 0 bridgehead atoms. The minimum Gasteiger partial charge on any atom is -0.478 e. The molecule has 3 heteroatoms. The molecule has 0 heterocycles. The lowest BCUT2D eigenvalue weighted by molar-refractivity contribution is -0.131. The summed E-state index contributed by atoms with van der Waals surface area (Å²) in [5.41, 5.74) is 6.47. The number of hydrogen-bond donors (Lipinski definition) is 2. The van der Waals surface area contributed by atoms with Crippen LogP contribution in [0.1, 0.15) is 5.56 Å². The molecule has 1 aromatic rings. The minimum absolute atomic E-state index is 0.267. The van der Waals surface area contributed by atoms with Gasteiger partial charge in [-0.05, 0) is 5.56 Å². The zero-order chi connectivity index (χ0) is 8.97. The van der Waals surface area contributed by atoms with Crippen LogP contribution < -0.4 is 5.73 Å². The SMILES string of the molecule is N/C(=C/C(=O)O)c1ccccc1. The predicted molar refractivity (Wildman–Crippen MR) is 46.2 cm³/mol. The molecule has 0 spiro atoms. The zero-order valence-corrected chi connectivity index (χ0v) is 6.40. The monoisotopic (exact) mass is 163 g/mol. The minimum atomic E-state index is -1.03. The van der Waals surface area contributed by atoms with E-state index in [9.17, 15) is 4.79 Å². The molecule has 0 radical (unpaired) electrons. The maximum absolute atomic E-state index is 10.2. The van der Waals surface area contributed by atoms with Crippen molar-refractivity contribution in [1.82, 2.24) is 0 Å². The Hall–Kier alpha value is -1.77. The fourth-order valence-electron chi connectivity index (χ4n) is 0.847. The Bertz CT molecular complexity index is 304. The van der Waals surface area contributed by atoms with Gasteiger partial charge in [-0.1, -0.05) is 30.3 Å². The number of carboxylic acid groups (broad SMARTS) is 1. The second-order valence-corrected chi connectivity index (χ2v) is 2.30. The van der Waals surface area contributed by atoms with E-state index in [-0.39, 0.29) is 5.70 Å². The van der Waals surface area contributed by atoms with Gasteiger partial charge in [-0.15, -0.1) is 0 Å². The lowest BCUT2D eigenvalue weighted by Crippen LogP contribution is -2.00. The first-order chi connectivity index (χ1) is 5.70. The predicted octanol–water partition coefficient (Wildman–Crippen LogP) is 1.07. The molecule has 1 aromatic carbocycles. The van der Waals surface area contributed by atoms with Crippen LogP contribution >= 0.6 is 0 Å². The first kappa shape index (κ1) is 8.33. The molecular formula is C9H9NO2. The van der Waals surface area contributed by atoms with Crippen molar-refractivity contribution in [2.45, 2.75) is 0 Å². The Labute approximate surface area is 70.1 Å². The average Bonchev–Trinajstić information content (AvgIpc) is 2.05. The third-order valence-corrected chi connectivity index (χ3v) is 1.39. The van der Waals surface area contributed by atoms with Crippen LogP contribution in [0.5, 0.6) is 0 Å². The van der Waals surface area contributed by atoms with E-state index in [0.717, 1.165) is 11.6 Å². The van der Waals surface area contributed by atoms with Gasteiger partial charge in [0.05, 0.1) is 0 Å². The van der Waals surface area contributed by atoms with Crippen LogP contribution in [0.25, 0.3) is 5.70 Å². The molecule has 1 rings (SSSR count). The summed E-state index contributed by atoms with van der Waals surface area (Å²) in [7, 11) is 0. The van der Waals surface area contributed by atoms with Gasteiger partial charge >= 0.3 is 5.97 Å². The van der Waals surface area contributed by atoms with Gasteiger partial charge in [-0.25, -0.2) is 4.79 Å². The van der Waals surface area contributed by atoms with Crippen molar-refractivity contribution in [2.24, 2.45) is 5.73 Å². The number of carboxylic acids is 1. The largest absolute Gasteiger partial charge is 0.478 e. The summed E-state index contributed by atoms with van der Waals surface area (Å²) in [5.74, 6) is -1.03. The maximum Gasteiger partial charge on any atom is 0.330 e. The van der Waals surface area contributed by atoms with Gasteiger partial charge in [0.15, 0.2) is 0 Å². The first-order valence-corrected chi connectivity index (χ1v) is 3.45. The van der Waals surface area contributed by atoms with E-state index in [0.29, 0.717) is 0 Å². The molecule has 3 nitrogen and oxygen atoms in total. The lowest BCUT2D eigenvalue weighted by atomic mass is 10.1. The topological polar surface area (TPSA) is 63.3 Å². The molecule has 3 N–H and O–H groups in total. The van der Waals surface area contributed by atoms with Gasteiger partial charge in [0, 0.05) is 11.8 Å². The van der Waals surface area contributed by atoms with Gasteiger partial charge in [-0.3, -0.25) is 0 Å². The van der Waals surface area contributed by atoms with Crippen LogP contribution in [0, 0.1) is 0 Å². The van der Waals surface area contributed by atoms with Crippen molar-refractivity contribution in [2.75, 3.05) is 0 Å². The summed E-state index contributed by atoms with van der Waals surface area (Å²) in [4.78, 5) is 10.2. The fraction of sp³-hybridized carbons (Fsp3) is 0. The van der Waals surface area contributed by atoms with E-state index in [1.54, 1.807) is 24.3 Å². The van der Waals surface area contributed by atoms with Crippen molar-refractivity contribution in [1.29, 1.82) is 0 Å². The van der Waals surface area contributed by atoms with Gasteiger partial charge < -0.3 is 10.8 Å². The van der Waals surface area contributed by atoms with Crippen LogP contribution in [0.4, 0.5) is 0 Å². The Morgan fingerprint density at radius 1 is 1.33 bits per heavy atom. The fourth-order valence-corrected chi connectivity index (χ4v) is 0.847. The number of benzene rings is 1. The normalized spacial score (nSPS) is 11.2. The molecule has 0 saturated carbocycles. The van der Waals surface area contributed by atoms with E-state index in [1.807, 2.05) is 6.07 Å². The van der Waals surface area contributed by atoms with Crippen molar-refractivity contribution in [3.8, 4) is 0 Å². The molecule has 0 fully saturated rings. The Morgan fingerprint density at radius 2 is 1.92 bits per heavy atom. The quantitative estimate of drug-likeness (QED) is 0.641. The van der Waals surface area contributed by atoms with E-state index >= 15 is 0 Å². The first-order valence-electron chi connectivity index (χ1n) is 3.45. The highest BCUT2D eigenvalue weighted by Gasteiger charge is 1.96. The van der Waals surface area contributed by atoms with Crippen molar-refractivity contribution in [3.63, 3.8) is 0 Å². The highest BCUT2D eigenvalue weighted by molar-refractivity contribution is 5.89. The van der Waals surface area contributed by atoms with Crippen molar-refractivity contribution >= 4 is 11.7 Å². The Balaban J connectivity index is 2.93. The number of rotatable bonds is 2. The number of nitrogens with two attached hydrogens (primary N) is 1. The number of hydrogen-bond acceptors (Lipinski definition) is 2. The lowest BCUT2D eigenvalue weighted by Gasteiger charge is -1.97. The second-order valence-electron chi connectivity index (χ2n) is 2.30. The van der Waals surface area contributed by atoms with Crippen LogP contribution in [-0.4, -0.2) is 11.1 Å². The third kappa shape index (κ3) is 2.12. The number of carbonyl (C=O) groups is 1. The van der Waals surface area contributed by atoms with Crippen LogP contribution in [-0.2, 0) is 4.79 Å². The molecule has 0 aliphatic rings. The molecule has 0 saturated heterocycles. The summed E-state index contributed by atoms with van der Waals surface area (Å²) in [5, 5.41) is 8.39. The summed E-state index contributed by atoms with van der Waals surface area (Å²) in [6.45, 7) is 0. The third-order valence-electron chi connectivity index (χ3n) is 1.39. The van der Waals surface area contributed by atoms with Crippen molar-refractivity contribution < 1.29 is 9.90 Å². The number of aliphatic carboxylic acids is 1. The average molecular weight is 163 g/mol. The molecule has 0 unspecified atom stereocenters. The molecule has 0 aromatic heterocycles. The standard InChI is InChI=1S/C9H9NO2/c10-8(6-9(11)12)7-4-2-1-3-5-7/h1-6H,10H2,(H,11,12)/b8-6+. The van der Waals surface area contributed by atoms with Gasteiger partial charge in [0.25, 0.3) is 0 Å². The van der Waals surface area contributed by atoms with Gasteiger partial charge in [0.2, 0.25) is 0 Å². The smallest absolute Gasteiger partial charge is 0.330 e. The summed E-state index contributed by atoms with van der Waals surface area (Å²) >= 11 is 0. The Kier molecular flexibility index (Phi) is 2.48. The molecule has 0 aliphatic carbocycles.